The first-order valence-corrected chi connectivity index (χ1v) is 6.87. The standard InChI is InChI=1S/C12H10N4O4S/c1-5-8-10(19)13-4-14-11(8)21-9(5)12(20)16-2-6(17)15-7(18)3-16/h4H,2-3H2,1H3,(H,13,14,19)(H,15,17,18). The molecule has 1 aliphatic rings. The number of nitrogens with zero attached hydrogens (tertiary/aromatic N) is 2. The molecule has 2 aromatic rings. The number of imide groups is 1. The highest BCUT2D eigenvalue weighted by Crippen LogP contribution is 2.27. The van der Waals surface area contributed by atoms with Crippen molar-refractivity contribution in [2.24, 2.45) is 0 Å². The van der Waals surface area contributed by atoms with E-state index < -0.39 is 17.7 Å². The molecule has 0 unspecified atom stereocenters. The number of aromatic amines is 1. The highest BCUT2D eigenvalue weighted by Gasteiger charge is 2.29. The Morgan fingerprint density at radius 3 is 2.57 bits per heavy atom. The van der Waals surface area contributed by atoms with Crippen molar-refractivity contribution in [3.05, 3.63) is 27.1 Å². The third kappa shape index (κ3) is 2.21. The number of hydrogen-bond donors (Lipinski definition) is 2. The number of H-pyrrole nitrogens is 1. The maximum absolute atomic E-state index is 12.5. The van der Waals surface area contributed by atoms with Gasteiger partial charge in [-0.05, 0) is 12.5 Å². The molecule has 0 radical (unpaired) electrons. The molecule has 3 heterocycles. The first kappa shape index (κ1) is 13.4. The van der Waals surface area contributed by atoms with Crippen LogP contribution in [0.3, 0.4) is 0 Å². The molecule has 3 rings (SSSR count). The predicted molar refractivity (Wildman–Crippen MR) is 74.0 cm³/mol. The monoisotopic (exact) mass is 306 g/mol. The molecular formula is C12H10N4O4S. The molecule has 0 aliphatic carbocycles. The zero-order chi connectivity index (χ0) is 15.1. The van der Waals surface area contributed by atoms with Gasteiger partial charge in [-0.3, -0.25) is 24.5 Å². The summed E-state index contributed by atoms with van der Waals surface area (Å²) in [6, 6.07) is 0. The Morgan fingerprint density at radius 2 is 1.95 bits per heavy atom. The molecule has 2 aromatic heterocycles. The Labute approximate surface area is 121 Å². The normalized spacial score (nSPS) is 15.4. The van der Waals surface area contributed by atoms with Crippen LogP contribution in [-0.4, -0.2) is 45.7 Å². The van der Waals surface area contributed by atoms with E-state index in [4.69, 9.17) is 0 Å². The van der Waals surface area contributed by atoms with Gasteiger partial charge in [-0.15, -0.1) is 11.3 Å². The molecular weight excluding hydrogens is 296 g/mol. The molecule has 108 valence electrons. The summed E-state index contributed by atoms with van der Waals surface area (Å²) in [4.78, 5) is 55.3. The van der Waals surface area contributed by atoms with Gasteiger partial charge in [0.15, 0.2) is 0 Å². The third-order valence-corrected chi connectivity index (χ3v) is 4.35. The lowest BCUT2D eigenvalue weighted by Gasteiger charge is -2.25. The summed E-state index contributed by atoms with van der Waals surface area (Å²) in [5.74, 6) is -1.48. The van der Waals surface area contributed by atoms with E-state index in [1.165, 1.54) is 6.33 Å². The molecule has 1 aliphatic heterocycles. The van der Waals surface area contributed by atoms with Crippen molar-refractivity contribution < 1.29 is 14.4 Å². The highest BCUT2D eigenvalue weighted by molar-refractivity contribution is 7.20. The Kier molecular flexibility index (Phi) is 3.05. The lowest BCUT2D eigenvalue weighted by Crippen LogP contribution is -2.53. The maximum atomic E-state index is 12.5. The van der Waals surface area contributed by atoms with Crippen LogP contribution >= 0.6 is 11.3 Å². The summed E-state index contributed by atoms with van der Waals surface area (Å²) in [5, 5.41) is 2.49. The van der Waals surface area contributed by atoms with E-state index in [9.17, 15) is 19.2 Å². The minimum Gasteiger partial charge on any atom is -0.319 e. The summed E-state index contributed by atoms with van der Waals surface area (Å²) in [6.45, 7) is 1.29. The number of amides is 3. The second-order valence-corrected chi connectivity index (χ2v) is 5.60. The minimum atomic E-state index is -0.519. The van der Waals surface area contributed by atoms with Crippen molar-refractivity contribution in [2.45, 2.75) is 6.92 Å². The first-order valence-electron chi connectivity index (χ1n) is 6.06. The third-order valence-electron chi connectivity index (χ3n) is 3.16. The molecule has 1 fully saturated rings. The van der Waals surface area contributed by atoms with Gasteiger partial charge < -0.3 is 9.88 Å². The summed E-state index contributed by atoms with van der Waals surface area (Å²) in [5.41, 5.74) is 0.188. The Balaban J connectivity index is 2.04. The van der Waals surface area contributed by atoms with Gasteiger partial charge in [-0.1, -0.05) is 0 Å². The van der Waals surface area contributed by atoms with E-state index in [1.807, 2.05) is 0 Å². The fourth-order valence-corrected chi connectivity index (χ4v) is 3.32. The lowest BCUT2D eigenvalue weighted by atomic mass is 10.2. The van der Waals surface area contributed by atoms with Gasteiger partial charge in [-0.25, -0.2) is 4.98 Å². The molecule has 8 nitrogen and oxygen atoms in total. The summed E-state index contributed by atoms with van der Waals surface area (Å²) < 4.78 is 0. The van der Waals surface area contributed by atoms with E-state index in [0.717, 1.165) is 16.2 Å². The minimum absolute atomic E-state index is 0.179. The highest BCUT2D eigenvalue weighted by atomic mass is 32.1. The second-order valence-electron chi connectivity index (χ2n) is 4.60. The van der Waals surface area contributed by atoms with Gasteiger partial charge in [0.25, 0.3) is 11.5 Å². The zero-order valence-electron chi connectivity index (χ0n) is 10.9. The van der Waals surface area contributed by atoms with Gasteiger partial charge >= 0.3 is 0 Å². The molecule has 0 saturated carbocycles. The Hall–Kier alpha value is -2.55. The fraction of sp³-hybridized carbons (Fsp3) is 0.250. The molecule has 3 amide bonds. The number of carbonyl (C=O) groups excluding carboxylic acids is 3. The predicted octanol–water partition coefficient (Wildman–Crippen LogP) is -0.608. The van der Waals surface area contributed by atoms with Gasteiger partial charge in [0, 0.05) is 0 Å². The van der Waals surface area contributed by atoms with E-state index in [-0.39, 0.29) is 18.6 Å². The number of thiophene rings is 1. The van der Waals surface area contributed by atoms with Crippen LogP contribution in [0.5, 0.6) is 0 Å². The molecule has 0 atom stereocenters. The molecule has 9 heteroatoms. The molecule has 1 saturated heterocycles. The van der Waals surface area contributed by atoms with Crippen molar-refractivity contribution >= 4 is 39.3 Å². The van der Waals surface area contributed by atoms with Crippen molar-refractivity contribution in [2.75, 3.05) is 13.1 Å². The quantitative estimate of drug-likeness (QED) is 0.683. The molecule has 0 aromatic carbocycles. The number of aromatic nitrogens is 2. The van der Waals surface area contributed by atoms with Gasteiger partial charge in [0.05, 0.1) is 16.6 Å². The summed E-state index contributed by atoms with van der Waals surface area (Å²) in [7, 11) is 0. The van der Waals surface area contributed by atoms with Crippen LogP contribution in [0.1, 0.15) is 15.2 Å². The molecule has 21 heavy (non-hydrogen) atoms. The maximum Gasteiger partial charge on any atom is 0.265 e. The number of aryl methyl sites for hydroxylation is 1. The number of piperazine rings is 1. The van der Waals surface area contributed by atoms with Gasteiger partial charge in [0.2, 0.25) is 11.8 Å². The van der Waals surface area contributed by atoms with Crippen LogP contribution in [-0.2, 0) is 9.59 Å². The van der Waals surface area contributed by atoms with Crippen LogP contribution in [0.25, 0.3) is 10.2 Å². The number of hydrogen-bond acceptors (Lipinski definition) is 6. The van der Waals surface area contributed by atoms with Gasteiger partial charge in [0.1, 0.15) is 17.9 Å². The van der Waals surface area contributed by atoms with Crippen LogP contribution < -0.4 is 10.9 Å². The van der Waals surface area contributed by atoms with Gasteiger partial charge in [-0.2, -0.15) is 0 Å². The number of fused-ring (bicyclic) bond motifs is 1. The second kappa shape index (κ2) is 4.77. The van der Waals surface area contributed by atoms with Crippen molar-refractivity contribution in [3.63, 3.8) is 0 Å². The summed E-state index contributed by atoms with van der Waals surface area (Å²) >= 11 is 1.08. The smallest absolute Gasteiger partial charge is 0.265 e. The van der Waals surface area contributed by atoms with Crippen LogP contribution in [0, 0.1) is 6.92 Å². The van der Waals surface area contributed by atoms with Crippen molar-refractivity contribution in [1.29, 1.82) is 0 Å². The number of rotatable bonds is 1. The topological polar surface area (TPSA) is 112 Å². The number of nitrogens with one attached hydrogen (secondary N) is 2. The average molecular weight is 306 g/mol. The molecule has 2 N–H and O–H groups in total. The van der Waals surface area contributed by atoms with Crippen LogP contribution in [0.15, 0.2) is 11.1 Å². The first-order chi connectivity index (χ1) is 9.97. The van der Waals surface area contributed by atoms with Crippen molar-refractivity contribution in [3.8, 4) is 0 Å². The van der Waals surface area contributed by atoms with Crippen LogP contribution in [0.2, 0.25) is 0 Å². The Bertz CT molecular complexity index is 821. The average Bonchev–Trinajstić information content (AvgIpc) is 2.75. The van der Waals surface area contributed by atoms with E-state index >= 15 is 0 Å². The number of carbonyl (C=O) groups is 3. The lowest BCUT2D eigenvalue weighted by molar-refractivity contribution is -0.135. The molecule has 0 spiro atoms. The largest absolute Gasteiger partial charge is 0.319 e. The van der Waals surface area contributed by atoms with E-state index in [0.29, 0.717) is 20.7 Å². The van der Waals surface area contributed by atoms with Crippen LogP contribution in [0.4, 0.5) is 0 Å². The molecule has 0 bridgehead atoms. The SMILES string of the molecule is Cc1c(C(=O)N2CC(=O)NC(=O)C2)sc2nc[nH]c(=O)c12. The Morgan fingerprint density at radius 1 is 1.29 bits per heavy atom. The zero-order valence-corrected chi connectivity index (χ0v) is 11.7. The van der Waals surface area contributed by atoms with E-state index in [1.54, 1.807) is 6.92 Å². The van der Waals surface area contributed by atoms with Crippen molar-refractivity contribution in [1.82, 2.24) is 20.2 Å². The fourth-order valence-electron chi connectivity index (χ4n) is 2.21. The van der Waals surface area contributed by atoms with E-state index in [2.05, 4.69) is 15.3 Å². The summed E-state index contributed by atoms with van der Waals surface area (Å²) in [6.07, 6.45) is 1.27.